The number of halogens is 1. The fraction of sp³-hybridized carbons (Fsp3) is 0.476. The summed E-state index contributed by atoms with van der Waals surface area (Å²) < 4.78 is 19.6. The Morgan fingerprint density at radius 3 is 2.69 bits per heavy atom. The number of aromatic nitrogens is 2. The summed E-state index contributed by atoms with van der Waals surface area (Å²) in [5, 5.41) is 6.19. The molecule has 0 unspecified atom stereocenters. The van der Waals surface area contributed by atoms with Crippen molar-refractivity contribution in [2.75, 3.05) is 30.3 Å². The molecule has 0 atom stereocenters. The van der Waals surface area contributed by atoms with Crippen molar-refractivity contribution in [2.45, 2.75) is 44.6 Å². The summed E-state index contributed by atoms with van der Waals surface area (Å²) in [5.74, 6) is 1.38. The van der Waals surface area contributed by atoms with Crippen molar-refractivity contribution >= 4 is 17.5 Å². The Morgan fingerprint density at radius 2 is 2.00 bits per heavy atom. The second-order valence-electron chi connectivity index (χ2n) is 7.52. The molecule has 8 heteroatoms. The van der Waals surface area contributed by atoms with Gasteiger partial charge >= 0.3 is 6.03 Å². The number of amides is 2. The predicted molar refractivity (Wildman–Crippen MR) is 109 cm³/mol. The third kappa shape index (κ3) is 4.93. The summed E-state index contributed by atoms with van der Waals surface area (Å²) in [4.78, 5) is 22.6. The van der Waals surface area contributed by atoms with Gasteiger partial charge in [-0.15, -0.1) is 0 Å². The summed E-state index contributed by atoms with van der Waals surface area (Å²) >= 11 is 0. The van der Waals surface area contributed by atoms with Crippen molar-refractivity contribution in [3.63, 3.8) is 0 Å². The number of hydrogen-bond donors (Lipinski definition) is 2. The average molecular weight is 399 g/mol. The van der Waals surface area contributed by atoms with E-state index in [1.54, 1.807) is 23.1 Å². The molecule has 0 spiro atoms. The summed E-state index contributed by atoms with van der Waals surface area (Å²) in [6, 6.07) is 6.81. The molecule has 1 aromatic carbocycles. The van der Waals surface area contributed by atoms with Gasteiger partial charge in [-0.3, -0.25) is 0 Å². The van der Waals surface area contributed by atoms with Crippen molar-refractivity contribution in [1.29, 1.82) is 0 Å². The van der Waals surface area contributed by atoms with Gasteiger partial charge in [0.2, 0.25) is 5.88 Å². The Kier molecular flexibility index (Phi) is 5.78. The molecule has 1 aromatic heterocycles. The first-order valence-electron chi connectivity index (χ1n) is 10.2. The number of anilines is 2. The minimum atomic E-state index is -0.232. The predicted octanol–water partition coefficient (Wildman–Crippen LogP) is 4.00. The third-order valence-corrected chi connectivity index (χ3v) is 5.34. The maximum Gasteiger partial charge on any atom is 0.321 e. The van der Waals surface area contributed by atoms with Gasteiger partial charge < -0.3 is 20.3 Å². The monoisotopic (exact) mass is 399 g/mol. The Bertz CT molecular complexity index is 866. The van der Waals surface area contributed by atoms with Crippen molar-refractivity contribution in [3.05, 3.63) is 42.0 Å². The molecule has 2 heterocycles. The van der Waals surface area contributed by atoms with Crippen molar-refractivity contribution in [3.8, 4) is 5.88 Å². The molecule has 1 aliphatic carbocycles. The molecule has 1 saturated heterocycles. The Labute approximate surface area is 169 Å². The van der Waals surface area contributed by atoms with Crippen LogP contribution in [0.25, 0.3) is 0 Å². The van der Waals surface area contributed by atoms with Gasteiger partial charge in [-0.1, -0.05) is 6.07 Å². The second kappa shape index (κ2) is 8.63. The highest BCUT2D eigenvalue weighted by Gasteiger charge is 2.27. The molecule has 2 N–H and O–H groups in total. The number of rotatable bonds is 6. The van der Waals surface area contributed by atoms with Crippen molar-refractivity contribution in [2.24, 2.45) is 0 Å². The first-order chi connectivity index (χ1) is 14.1. The van der Waals surface area contributed by atoms with Crippen LogP contribution in [0.5, 0.6) is 5.88 Å². The molecule has 0 radical (unpaired) electrons. The van der Waals surface area contributed by atoms with Crippen LogP contribution in [-0.4, -0.2) is 46.6 Å². The molecule has 2 amide bonds. The van der Waals surface area contributed by atoms with Gasteiger partial charge in [0.15, 0.2) is 0 Å². The molecule has 154 valence electrons. The lowest BCUT2D eigenvalue weighted by Crippen LogP contribution is -2.44. The van der Waals surface area contributed by atoms with E-state index >= 15 is 0 Å². The van der Waals surface area contributed by atoms with Crippen LogP contribution in [0, 0.1) is 5.82 Å². The highest BCUT2D eigenvalue weighted by Crippen LogP contribution is 2.41. The standard InChI is InChI=1S/C21H26FN5O2/c1-2-29-20-12-19(23-13-24-20)25-15-7-9-27(10-8-15)21(28)26-16-5-6-17(14-3-4-14)18(22)11-16/h5-6,11-15H,2-4,7-10H2,1H3,(H,26,28)(H,23,24,25). The third-order valence-electron chi connectivity index (χ3n) is 5.34. The molecule has 1 aliphatic heterocycles. The Morgan fingerprint density at radius 1 is 1.21 bits per heavy atom. The maximum absolute atomic E-state index is 14.2. The zero-order valence-corrected chi connectivity index (χ0v) is 16.5. The lowest BCUT2D eigenvalue weighted by Gasteiger charge is -2.32. The second-order valence-corrected chi connectivity index (χ2v) is 7.52. The minimum Gasteiger partial charge on any atom is -0.478 e. The minimum absolute atomic E-state index is 0.192. The Balaban J connectivity index is 1.27. The van der Waals surface area contributed by atoms with E-state index in [1.165, 1.54) is 12.4 Å². The molecule has 4 rings (SSSR count). The van der Waals surface area contributed by atoms with Crippen molar-refractivity contribution in [1.82, 2.24) is 14.9 Å². The van der Waals surface area contributed by atoms with Crippen LogP contribution in [0.3, 0.4) is 0 Å². The maximum atomic E-state index is 14.2. The SMILES string of the molecule is CCOc1cc(NC2CCN(C(=O)Nc3ccc(C4CC4)c(F)c3)CC2)ncn1. The van der Waals surface area contributed by atoms with Crippen LogP contribution in [0.4, 0.5) is 20.7 Å². The zero-order chi connectivity index (χ0) is 20.2. The largest absolute Gasteiger partial charge is 0.478 e. The van der Waals surface area contributed by atoms with Crippen LogP contribution in [0.15, 0.2) is 30.6 Å². The van der Waals surface area contributed by atoms with E-state index in [-0.39, 0.29) is 17.9 Å². The average Bonchev–Trinajstić information content (AvgIpc) is 3.54. The normalized spacial score (nSPS) is 17.1. The van der Waals surface area contributed by atoms with Gasteiger partial charge in [0.05, 0.1) is 6.61 Å². The number of nitrogens with one attached hydrogen (secondary N) is 2. The number of piperidine rings is 1. The molecular formula is C21H26FN5O2. The molecule has 7 nitrogen and oxygen atoms in total. The molecule has 2 aromatic rings. The quantitative estimate of drug-likeness (QED) is 0.768. The lowest BCUT2D eigenvalue weighted by atomic mass is 10.1. The molecule has 29 heavy (non-hydrogen) atoms. The summed E-state index contributed by atoms with van der Waals surface area (Å²) in [6.07, 6.45) is 5.18. The molecule has 2 aliphatic rings. The van der Waals surface area contributed by atoms with E-state index in [9.17, 15) is 9.18 Å². The molecule has 2 fully saturated rings. The smallest absolute Gasteiger partial charge is 0.321 e. The van der Waals surface area contributed by atoms with Crippen LogP contribution >= 0.6 is 0 Å². The summed E-state index contributed by atoms with van der Waals surface area (Å²) in [7, 11) is 0. The topological polar surface area (TPSA) is 79.4 Å². The number of benzene rings is 1. The van der Waals surface area contributed by atoms with E-state index in [0.717, 1.165) is 37.1 Å². The van der Waals surface area contributed by atoms with Gasteiger partial charge in [-0.05, 0) is 56.2 Å². The number of nitrogens with zero attached hydrogens (tertiary/aromatic N) is 3. The van der Waals surface area contributed by atoms with Gasteiger partial charge in [-0.25, -0.2) is 19.2 Å². The molecule has 0 bridgehead atoms. The highest BCUT2D eigenvalue weighted by atomic mass is 19.1. The van der Waals surface area contributed by atoms with E-state index in [4.69, 9.17) is 4.74 Å². The molecular weight excluding hydrogens is 373 g/mol. The number of likely N-dealkylation sites (tertiary alicyclic amines) is 1. The fourth-order valence-corrected chi connectivity index (χ4v) is 3.61. The first-order valence-corrected chi connectivity index (χ1v) is 10.2. The van der Waals surface area contributed by atoms with E-state index in [1.807, 2.05) is 6.92 Å². The number of hydrogen-bond acceptors (Lipinski definition) is 5. The van der Waals surface area contributed by atoms with E-state index in [0.29, 0.717) is 37.2 Å². The van der Waals surface area contributed by atoms with Gasteiger partial charge in [0.1, 0.15) is 18.0 Å². The number of ether oxygens (including phenoxy) is 1. The van der Waals surface area contributed by atoms with E-state index in [2.05, 4.69) is 20.6 Å². The van der Waals surface area contributed by atoms with Crippen molar-refractivity contribution < 1.29 is 13.9 Å². The van der Waals surface area contributed by atoms with Gasteiger partial charge in [0, 0.05) is 30.9 Å². The van der Waals surface area contributed by atoms with Crippen LogP contribution < -0.4 is 15.4 Å². The summed E-state index contributed by atoms with van der Waals surface area (Å²) in [6.45, 7) is 3.70. The van der Waals surface area contributed by atoms with Gasteiger partial charge in [0.25, 0.3) is 0 Å². The first kappa shape index (κ1) is 19.4. The fourth-order valence-electron chi connectivity index (χ4n) is 3.61. The molecule has 1 saturated carbocycles. The number of carbonyl (C=O) groups excluding carboxylic acids is 1. The van der Waals surface area contributed by atoms with E-state index < -0.39 is 0 Å². The lowest BCUT2D eigenvalue weighted by molar-refractivity contribution is 0.197. The highest BCUT2D eigenvalue weighted by molar-refractivity contribution is 5.89. The number of carbonyl (C=O) groups is 1. The summed E-state index contributed by atoms with van der Waals surface area (Å²) in [5.41, 5.74) is 1.26. The number of urea groups is 1. The van der Waals surface area contributed by atoms with Crippen LogP contribution in [-0.2, 0) is 0 Å². The Hall–Kier alpha value is -2.90. The van der Waals surface area contributed by atoms with Gasteiger partial charge in [-0.2, -0.15) is 0 Å². The van der Waals surface area contributed by atoms with Crippen LogP contribution in [0.2, 0.25) is 0 Å². The zero-order valence-electron chi connectivity index (χ0n) is 16.5. The van der Waals surface area contributed by atoms with Crippen LogP contribution in [0.1, 0.15) is 44.1 Å².